The average Bonchev–Trinajstić information content (AvgIpc) is 2.68. The number of benzene rings is 1. The van der Waals surface area contributed by atoms with Gasteiger partial charge in [0.1, 0.15) is 5.75 Å². The predicted molar refractivity (Wildman–Crippen MR) is 117 cm³/mol. The smallest absolute Gasteiger partial charge is 0.122 e. The predicted octanol–water partition coefficient (Wildman–Crippen LogP) is 5.47. The maximum atomic E-state index is 10.6. The van der Waals surface area contributed by atoms with Crippen molar-refractivity contribution in [1.29, 1.82) is 0 Å². The largest absolute Gasteiger partial charge is 0.507 e. The number of phenols is 1. The van der Waals surface area contributed by atoms with Crippen molar-refractivity contribution in [3.63, 3.8) is 0 Å². The number of hydrogen-bond donors (Lipinski definition) is 1. The maximum absolute atomic E-state index is 10.6. The molecule has 1 N–H and O–H groups in total. The van der Waals surface area contributed by atoms with Crippen LogP contribution in [0.1, 0.15) is 68.2 Å². The number of aromatic hydroxyl groups is 1. The molecule has 0 saturated carbocycles. The minimum absolute atomic E-state index is 0.522. The number of piperidine rings is 2. The van der Waals surface area contributed by atoms with Gasteiger partial charge >= 0.3 is 0 Å². The maximum Gasteiger partial charge on any atom is 0.122 e. The third-order valence-electron chi connectivity index (χ3n) is 6.82. The van der Waals surface area contributed by atoms with Crippen molar-refractivity contribution in [1.82, 2.24) is 9.21 Å². The second kappa shape index (κ2) is 9.19. The first-order chi connectivity index (χ1) is 12.9. The fourth-order valence-corrected chi connectivity index (χ4v) is 5.89. The van der Waals surface area contributed by atoms with E-state index in [1.54, 1.807) is 0 Å². The van der Waals surface area contributed by atoms with Gasteiger partial charge in [-0.15, -0.1) is 0 Å². The lowest BCUT2D eigenvalue weighted by Gasteiger charge is -2.41. The first kappa shape index (κ1) is 21.0. The molecular weight excluding hydrogens is 352 g/mol. The minimum atomic E-state index is 0.522. The zero-order valence-electron chi connectivity index (χ0n) is 18.0. The number of hydrogen-bond acceptors (Lipinski definition) is 4. The van der Waals surface area contributed by atoms with Gasteiger partial charge in [-0.25, -0.2) is 4.31 Å². The van der Waals surface area contributed by atoms with Crippen LogP contribution in [0, 0.1) is 26.7 Å². The molecule has 0 aliphatic carbocycles. The molecule has 3 nitrogen and oxygen atoms in total. The van der Waals surface area contributed by atoms with Crippen LogP contribution >= 0.6 is 11.9 Å². The summed E-state index contributed by atoms with van der Waals surface area (Å²) in [5, 5.41) is 10.6. The Labute approximate surface area is 170 Å². The molecule has 2 heterocycles. The summed E-state index contributed by atoms with van der Waals surface area (Å²) in [4.78, 5) is 4.13. The number of nitrogens with zero attached hydrogens (tertiary/aromatic N) is 2. The summed E-state index contributed by atoms with van der Waals surface area (Å²) in [6.07, 6.45) is 7.36. The Balaban J connectivity index is 1.65. The molecule has 0 amide bonds. The summed E-state index contributed by atoms with van der Waals surface area (Å²) < 4.78 is 2.56. The fraction of sp³-hybridized carbons (Fsp3) is 0.739. The van der Waals surface area contributed by atoms with Crippen molar-refractivity contribution in [2.45, 2.75) is 84.1 Å². The molecule has 1 aromatic carbocycles. The first-order valence-electron chi connectivity index (χ1n) is 10.9. The quantitative estimate of drug-likeness (QED) is 0.674. The van der Waals surface area contributed by atoms with E-state index in [-0.39, 0.29) is 0 Å². The van der Waals surface area contributed by atoms with Gasteiger partial charge in [-0.05, 0) is 106 Å². The van der Waals surface area contributed by atoms with Crippen LogP contribution in [-0.4, -0.2) is 46.5 Å². The van der Waals surface area contributed by atoms with E-state index in [1.807, 2.05) is 11.9 Å². The molecule has 1 aromatic rings. The lowest BCUT2D eigenvalue weighted by Crippen LogP contribution is -2.46. The molecule has 0 radical (unpaired) electrons. The van der Waals surface area contributed by atoms with E-state index in [4.69, 9.17) is 0 Å². The van der Waals surface area contributed by atoms with Gasteiger partial charge in [-0.1, -0.05) is 20.3 Å². The van der Waals surface area contributed by atoms with E-state index in [0.29, 0.717) is 5.75 Å². The number of likely N-dealkylation sites (tertiary alicyclic amines) is 1. The van der Waals surface area contributed by atoms with Crippen molar-refractivity contribution >= 4 is 11.9 Å². The summed E-state index contributed by atoms with van der Waals surface area (Å²) in [6, 6.07) is 0.786. The molecular formula is C23H38N2OS. The van der Waals surface area contributed by atoms with Crippen LogP contribution in [0.2, 0.25) is 0 Å². The van der Waals surface area contributed by atoms with Crippen molar-refractivity contribution in [3.8, 4) is 5.75 Å². The normalized spacial score (nSPS) is 21.1. The van der Waals surface area contributed by atoms with Crippen molar-refractivity contribution in [2.24, 2.45) is 5.92 Å². The summed E-state index contributed by atoms with van der Waals surface area (Å²) in [7, 11) is 0. The van der Waals surface area contributed by atoms with Gasteiger partial charge in [0.2, 0.25) is 0 Å². The lowest BCUT2D eigenvalue weighted by molar-refractivity contribution is 0.103. The highest BCUT2D eigenvalue weighted by Crippen LogP contribution is 2.40. The van der Waals surface area contributed by atoms with Crippen LogP contribution in [0.15, 0.2) is 4.90 Å². The van der Waals surface area contributed by atoms with Crippen molar-refractivity contribution in [2.75, 3.05) is 26.2 Å². The van der Waals surface area contributed by atoms with Crippen LogP contribution in [0.5, 0.6) is 5.75 Å². The highest BCUT2D eigenvalue weighted by Gasteiger charge is 2.28. The van der Waals surface area contributed by atoms with E-state index in [1.165, 1.54) is 67.9 Å². The molecule has 152 valence electrons. The van der Waals surface area contributed by atoms with E-state index < -0.39 is 0 Å². The standard InChI is InChI=1S/C23H38N2OS/c1-6-7-21-19(5)23(18(4)17(3)22(21)26)27-25-14-10-20(11-15-25)24-12-8-16(2)9-13-24/h16,20,26H,6-15H2,1-5H3. The molecule has 27 heavy (non-hydrogen) atoms. The van der Waals surface area contributed by atoms with Crippen LogP contribution in [-0.2, 0) is 6.42 Å². The van der Waals surface area contributed by atoms with E-state index in [2.05, 4.69) is 43.8 Å². The summed E-state index contributed by atoms with van der Waals surface area (Å²) >= 11 is 1.93. The van der Waals surface area contributed by atoms with Crippen molar-refractivity contribution < 1.29 is 5.11 Å². The molecule has 0 unspecified atom stereocenters. The van der Waals surface area contributed by atoms with E-state index >= 15 is 0 Å². The van der Waals surface area contributed by atoms with E-state index in [0.717, 1.165) is 35.9 Å². The Morgan fingerprint density at radius 1 is 0.926 bits per heavy atom. The van der Waals surface area contributed by atoms with Gasteiger partial charge < -0.3 is 10.0 Å². The van der Waals surface area contributed by atoms with Gasteiger partial charge in [0.15, 0.2) is 0 Å². The Morgan fingerprint density at radius 2 is 1.56 bits per heavy atom. The molecule has 2 saturated heterocycles. The van der Waals surface area contributed by atoms with Crippen LogP contribution in [0.3, 0.4) is 0 Å². The molecule has 0 atom stereocenters. The monoisotopic (exact) mass is 390 g/mol. The highest BCUT2D eigenvalue weighted by atomic mass is 32.2. The lowest BCUT2D eigenvalue weighted by atomic mass is 9.95. The van der Waals surface area contributed by atoms with Crippen LogP contribution in [0.4, 0.5) is 0 Å². The Morgan fingerprint density at radius 3 is 2.15 bits per heavy atom. The van der Waals surface area contributed by atoms with Crippen LogP contribution < -0.4 is 0 Å². The first-order valence-corrected chi connectivity index (χ1v) is 11.7. The SMILES string of the molecule is CCCc1c(C)c(SN2CCC(N3CCC(C)CC3)CC2)c(C)c(C)c1O. The summed E-state index contributed by atoms with van der Waals surface area (Å²) in [6.45, 7) is 16.0. The van der Waals surface area contributed by atoms with Gasteiger partial charge in [0.25, 0.3) is 0 Å². The topological polar surface area (TPSA) is 26.7 Å². The summed E-state index contributed by atoms with van der Waals surface area (Å²) in [5.74, 6) is 1.44. The zero-order valence-corrected chi connectivity index (χ0v) is 18.8. The molecule has 0 aromatic heterocycles. The highest BCUT2D eigenvalue weighted by molar-refractivity contribution is 7.97. The Kier molecular flexibility index (Phi) is 7.15. The average molecular weight is 391 g/mol. The molecule has 0 spiro atoms. The van der Waals surface area contributed by atoms with Gasteiger partial charge in [0, 0.05) is 24.0 Å². The van der Waals surface area contributed by atoms with Gasteiger partial charge in [0.05, 0.1) is 0 Å². The Bertz CT molecular complexity index is 645. The van der Waals surface area contributed by atoms with E-state index in [9.17, 15) is 5.11 Å². The van der Waals surface area contributed by atoms with Gasteiger partial charge in [-0.2, -0.15) is 0 Å². The summed E-state index contributed by atoms with van der Waals surface area (Å²) in [5.41, 5.74) is 4.75. The molecule has 2 aliphatic heterocycles. The fourth-order valence-electron chi connectivity index (χ4n) is 4.68. The number of rotatable bonds is 5. The molecule has 4 heteroatoms. The third-order valence-corrected chi connectivity index (χ3v) is 8.23. The Hall–Kier alpha value is -0.710. The molecule has 2 fully saturated rings. The van der Waals surface area contributed by atoms with Gasteiger partial charge in [-0.3, -0.25) is 0 Å². The van der Waals surface area contributed by atoms with Crippen LogP contribution in [0.25, 0.3) is 0 Å². The second-order valence-electron chi connectivity index (χ2n) is 8.75. The molecule has 3 rings (SSSR count). The third kappa shape index (κ3) is 4.65. The number of phenolic OH excluding ortho intramolecular Hbond substituents is 1. The van der Waals surface area contributed by atoms with Crippen molar-refractivity contribution in [3.05, 3.63) is 22.3 Å². The zero-order chi connectivity index (χ0) is 19.6. The minimum Gasteiger partial charge on any atom is -0.507 e. The molecule has 2 aliphatic rings. The second-order valence-corrected chi connectivity index (χ2v) is 9.86. The molecule has 0 bridgehead atoms.